The Hall–Kier alpha value is -1.67. The number of halogens is 1. The summed E-state index contributed by atoms with van der Waals surface area (Å²) in [6, 6.07) is 9.06. The van der Waals surface area contributed by atoms with E-state index in [0.29, 0.717) is 11.4 Å². The summed E-state index contributed by atoms with van der Waals surface area (Å²) in [4.78, 5) is 12.2. The van der Waals surface area contributed by atoms with E-state index < -0.39 is 21.5 Å². The van der Waals surface area contributed by atoms with Gasteiger partial charge in [0.05, 0.1) is 18.0 Å². The first-order chi connectivity index (χ1) is 11.9. The lowest BCUT2D eigenvalue weighted by molar-refractivity contribution is -0.113. The molecule has 25 heavy (non-hydrogen) atoms. The SMILES string of the molecule is O=C(CS(=O)(=O)Cc1cccc(Br)c1)Nc1ccnn1C1CCCC1. The predicted octanol–water partition coefficient (Wildman–Crippen LogP) is 3.31. The number of aromatic nitrogens is 2. The van der Waals surface area contributed by atoms with Gasteiger partial charge in [0.15, 0.2) is 9.84 Å². The first-order valence-electron chi connectivity index (χ1n) is 8.21. The number of benzene rings is 1. The molecule has 0 unspecified atom stereocenters. The third-order valence-electron chi connectivity index (χ3n) is 4.23. The van der Waals surface area contributed by atoms with Gasteiger partial charge in [0, 0.05) is 10.5 Å². The predicted molar refractivity (Wildman–Crippen MR) is 100.0 cm³/mol. The van der Waals surface area contributed by atoms with Crippen LogP contribution in [0.15, 0.2) is 41.0 Å². The van der Waals surface area contributed by atoms with E-state index in [2.05, 4.69) is 26.3 Å². The molecule has 8 heteroatoms. The zero-order valence-corrected chi connectivity index (χ0v) is 16.1. The zero-order chi connectivity index (χ0) is 17.9. The van der Waals surface area contributed by atoms with Crippen molar-refractivity contribution in [3.8, 4) is 0 Å². The summed E-state index contributed by atoms with van der Waals surface area (Å²) in [5.41, 5.74) is 0.651. The van der Waals surface area contributed by atoms with Gasteiger partial charge in [-0.2, -0.15) is 5.10 Å². The molecule has 0 bridgehead atoms. The van der Waals surface area contributed by atoms with E-state index in [1.54, 1.807) is 35.1 Å². The van der Waals surface area contributed by atoms with E-state index in [9.17, 15) is 13.2 Å². The van der Waals surface area contributed by atoms with Crippen molar-refractivity contribution in [3.63, 3.8) is 0 Å². The normalized spacial score (nSPS) is 15.4. The lowest BCUT2D eigenvalue weighted by atomic mass is 10.2. The Balaban J connectivity index is 1.63. The summed E-state index contributed by atoms with van der Waals surface area (Å²) >= 11 is 3.32. The summed E-state index contributed by atoms with van der Waals surface area (Å²) in [5.74, 6) is -0.679. The Bertz CT molecular complexity index is 858. The van der Waals surface area contributed by atoms with Gasteiger partial charge in [-0.1, -0.05) is 40.9 Å². The fourth-order valence-corrected chi connectivity index (χ4v) is 4.87. The van der Waals surface area contributed by atoms with Crippen LogP contribution in [0.3, 0.4) is 0 Å². The van der Waals surface area contributed by atoms with Gasteiger partial charge in [0.25, 0.3) is 0 Å². The van der Waals surface area contributed by atoms with Gasteiger partial charge >= 0.3 is 0 Å². The van der Waals surface area contributed by atoms with Crippen molar-refractivity contribution in [3.05, 3.63) is 46.6 Å². The summed E-state index contributed by atoms with van der Waals surface area (Å²) in [7, 11) is -3.55. The Morgan fingerprint density at radius 1 is 1.28 bits per heavy atom. The van der Waals surface area contributed by atoms with E-state index in [4.69, 9.17) is 0 Å². The van der Waals surface area contributed by atoms with E-state index in [0.717, 1.165) is 30.2 Å². The number of amides is 1. The minimum Gasteiger partial charge on any atom is -0.310 e. The van der Waals surface area contributed by atoms with Crippen molar-refractivity contribution < 1.29 is 13.2 Å². The van der Waals surface area contributed by atoms with E-state index in [1.165, 1.54) is 0 Å². The quantitative estimate of drug-likeness (QED) is 0.769. The van der Waals surface area contributed by atoms with Crippen molar-refractivity contribution in [1.29, 1.82) is 0 Å². The van der Waals surface area contributed by atoms with Crippen molar-refractivity contribution in [1.82, 2.24) is 9.78 Å². The highest BCUT2D eigenvalue weighted by Gasteiger charge is 2.22. The van der Waals surface area contributed by atoms with Crippen LogP contribution in [-0.4, -0.2) is 29.9 Å². The van der Waals surface area contributed by atoms with Crippen LogP contribution in [-0.2, 0) is 20.4 Å². The lowest BCUT2D eigenvalue weighted by Crippen LogP contribution is -2.25. The van der Waals surface area contributed by atoms with Crippen LogP contribution in [0.2, 0.25) is 0 Å². The molecular formula is C17H20BrN3O3S. The largest absolute Gasteiger partial charge is 0.310 e. The standard InChI is InChI=1S/C17H20BrN3O3S/c18-14-5-3-4-13(10-14)11-25(23,24)12-17(22)20-16-8-9-19-21(16)15-6-1-2-7-15/h3-5,8-10,15H,1-2,6-7,11-12H2,(H,20,22). The van der Waals surface area contributed by atoms with Crippen molar-refractivity contribution in [2.75, 3.05) is 11.1 Å². The second kappa shape index (κ2) is 7.70. The maximum absolute atomic E-state index is 12.3. The van der Waals surface area contributed by atoms with Gasteiger partial charge in [-0.3, -0.25) is 4.79 Å². The minimum atomic E-state index is -3.55. The number of anilines is 1. The molecule has 0 aliphatic heterocycles. The third-order valence-corrected chi connectivity index (χ3v) is 6.20. The van der Waals surface area contributed by atoms with Crippen molar-refractivity contribution in [2.24, 2.45) is 0 Å². The maximum Gasteiger partial charge on any atom is 0.240 e. The molecule has 0 spiro atoms. The number of hydrogen-bond acceptors (Lipinski definition) is 4. The average molecular weight is 426 g/mol. The molecule has 134 valence electrons. The highest BCUT2D eigenvalue weighted by Crippen LogP contribution is 2.31. The first-order valence-corrected chi connectivity index (χ1v) is 10.8. The Labute approximate surface area is 155 Å². The third kappa shape index (κ3) is 4.92. The highest BCUT2D eigenvalue weighted by atomic mass is 79.9. The molecule has 3 rings (SSSR count). The van der Waals surface area contributed by atoms with Gasteiger partial charge in [0.2, 0.25) is 5.91 Å². The minimum absolute atomic E-state index is 0.165. The second-order valence-corrected chi connectivity index (χ2v) is 9.29. The van der Waals surface area contributed by atoms with Crippen LogP contribution >= 0.6 is 15.9 Å². The molecule has 0 atom stereocenters. The first kappa shape index (κ1) is 18.1. The van der Waals surface area contributed by atoms with E-state index >= 15 is 0 Å². The number of nitrogens with zero attached hydrogens (tertiary/aromatic N) is 2. The van der Waals surface area contributed by atoms with E-state index in [1.807, 2.05) is 6.07 Å². The van der Waals surface area contributed by atoms with Gasteiger partial charge < -0.3 is 5.32 Å². The molecule has 1 amide bonds. The molecule has 1 aliphatic carbocycles. The average Bonchev–Trinajstić information content (AvgIpc) is 3.16. The van der Waals surface area contributed by atoms with Gasteiger partial charge in [-0.25, -0.2) is 13.1 Å². The molecule has 2 aromatic rings. The molecule has 0 radical (unpaired) electrons. The molecule has 0 saturated heterocycles. The molecular weight excluding hydrogens is 406 g/mol. The number of nitrogens with one attached hydrogen (secondary N) is 1. The molecule has 1 aromatic heterocycles. The van der Waals surface area contributed by atoms with Crippen LogP contribution in [0, 0.1) is 0 Å². The number of hydrogen-bond donors (Lipinski definition) is 1. The number of sulfone groups is 1. The summed E-state index contributed by atoms with van der Waals surface area (Å²) in [5, 5.41) is 6.97. The molecule has 1 aromatic carbocycles. The van der Waals surface area contributed by atoms with Crippen LogP contribution in [0.4, 0.5) is 5.82 Å². The summed E-state index contributed by atoms with van der Waals surface area (Å²) in [6.45, 7) is 0. The number of rotatable bonds is 6. The Kier molecular flexibility index (Phi) is 5.58. The fourth-order valence-electron chi connectivity index (χ4n) is 3.16. The van der Waals surface area contributed by atoms with Crippen LogP contribution in [0.25, 0.3) is 0 Å². The van der Waals surface area contributed by atoms with Crippen LogP contribution in [0.1, 0.15) is 37.3 Å². The van der Waals surface area contributed by atoms with Gasteiger partial charge in [-0.05, 0) is 30.5 Å². The zero-order valence-electron chi connectivity index (χ0n) is 13.7. The number of carbonyl (C=O) groups is 1. The van der Waals surface area contributed by atoms with Gasteiger partial charge in [-0.15, -0.1) is 0 Å². The topological polar surface area (TPSA) is 81.1 Å². The molecule has 6 nitrogen and oxygen atoms in total. The second-order valence-electron chi connectivity index (χ2n) is 6.31. The molecule has 1 N–H and O–H groups in total. The molecule has 1 saturated carbocycles. The monoisotopic (exact) mass is 425 g/mol. The summed E-state index contributed by atoms with van der Waals surface area (Å²) in [6.07, 6.45) is 6.00. The maximum atomic E-state index is 12.3. The van der Waals surface area contributed by atoms with Gasteiger partial charge in [0.1, 0.15) is 11.6 Å². The smallest absolute Gasteiger partial charge is 0.240 e. The summed E-state index contributed by atoms with van der Waals surface area (Å²) < 4.78 is 27.2. The van der Waals surface area contributed by atoms with E-state index in [-0.39, 0.29) is 11.8 Å². The van der Waals surface area contributed by atoms with Crippen LogP contribution in [0.5, 0.6) is 0 Å². The highest BCUT2D eigenvalue weighted by molar-refractivity contribution is 9.10. The molecule has 1 fully saturated rings. The van der Waals surface area contributed by atoms with Crippen LogP contribution < -0.4 is 5.32 Å². The lowest BCUT2D eigenvalue weighted by Gasteiger charge is -2.14. The van der Waals surface area contributed by atoms with Crippen molar-refractivity contribution in [2.45, 2.75) is 37.5 Å². The molecule has 1 aliphatic rings. The Morgan fingerprint density at radius 2 is 2.04 bits per heavy atom. The fraction of sp³-hybridized carbons (Fsp3) is 0.412. The number of carbonyl (C=O) groups excluding carboxylic acids is 1. The Morgan fingerprint density at radius 3 is 2.76 bits per heavy atom. The molecule has 1 heterocycles. The van der Waals surface area contributed by atoms with Crippen molar-refractivity contribution >= 4 is 37.5 Å².